The van der Waals surface area contributed by atoms with Crippen LogP contribution in [0, 0.1) is 0 Å². The molecule has 0 spiro atoms. The molecule has 0 heterocycles. The summed E-state index contributed by atoms with van der Waals surface area (Å²) in [5.41, 5.74) is 0.862. The van der Waals surface area contributed by atoms with E-state index >= 15 is 0 Å². The summed E-state index contributed by atoms with van der Waals surface area (Å²) in [7, 11) is 0. The Hall–Kier alpha value is -1.90. The summed E-state index contributed by atoms with van der Waals surface area (Å²) in [6.07, 6.45) is -4.20. The van der Waals surface area contributed by atoms with E-state index in [-0.39, 0.29) is 24.4 Å². The lowest BCUT2D eigenvalue weighted by Crippen LogP contribution is -2.36. The van der Waals surface area contributed by atoms with E-state index in [1.807, 2.05) is 0 Å². The maximum Gasteiger partial charge on any atom is 0.397 e. The fourth-order valence-corrected chi connectivity index (χ4v) is 2.06. The van der Waals surface area contributed by atoms with Crippen molar-refractivity contribution in [3.8, 4) is 0 Å². The van der Waals surface area contributed by atoms with Crippen LogP contribution in [-0.4, -0.2) is 41.3 Å². The van der Waals surface area contributed by atoms with Gasteiger partial charge in [0.2, 0.25) is 0 Å². The Morgan fingerprint density at radius 3 is 2.32 bits per heavy atom. The number of carboxylic acids is 1. The minimum Gasteiger partial charge on any atom is -0.478 e. The van der Waals surface area contributed by atoms with E-state index in [1.165, 1.54) is 12.1 Å². The molecule has 0 fully saturated rings. The summed E-state index contributed by atoms with van der Waals surface area (Å²) in [6, 6.07) is 5.50. The molecular weight excluding hydrogens is 321 g/mol. The quantitative estimate of drug-likeness (QED) is 0.669. The molecule has 9 heteroatoms. The van der Waals surface area contributed by atoms with E-state index in [0.29, 0.717) is 17.3 Å². The van der Waals surface area contributed by atoms with E-state index < -0.39 is 23.9 Å². The van der Waals surface area contributed by atoms with Crippen LogP contribution in [0.5, 0.6) is 0 Å². The number of rotatable bonds is 7. The number of amides is 2. The van der Waals surface area contributed by atoms with Gasteiger partial charge in [0.25, 0.3) is 0 Å². The zero-order valence-corrected chi connectivity index (χ0v) is 12.3. The van der Waals surface area contributed by atoms with Crippen LogP contribution in [0.25, 0.3) is 0 Å². The molecule has 1 aromatic rings. The molecule has 0 saturated carbocycles. The van der Waals surface area contributed by atoms with Crippen LogP contribution >= 0.6 is 11.8 Å². The highest BCUT2D eigenvalue weighted by atomic mass is 32.2. The minimum absolute atomic E-state index is 0.129. The second-order valence-electron chi connectivity index (χ2n) is 4.28. The first-order chi connectivity index (χ1) is 10.3. The molecule has 0 saturated heterocycles. The average Bonchev–Trinajstić information content (AvgIpc) is 2.44. The molecule has 122 valence electrons. The average molecular weight is 336 g/mol. The van der Waals surface area contributed by atoms with Gasteiger partial charge in [-0.3, -0.25) is 0 Å². The van der Waals surface area contributed by atoms with Crippen LogP contribution in [0.15, 0.2) is 24.3 Å². The molecule has 0 aromatic heterocycles. The molecule has 0 radical (unpaired) electrons. The number of carboxylic acid groups (broad SMARTS) is 1. The highest BCUT2D eigenvalue weighted by Crippen LogP contribution is 2.20. The summed E-state index contributed by atoms with van der Waals surface area (Å²) in [5.74, 6) is -1.81. The van der Waals surface area contributed by atoms with E-state index in [0.717, 1.165) is 0 Å². The molecule has 0 aliphatic heterocycles. The van der Waals surface area contributed by atoms with Crippen LogP contribution in [0.3, 0.4) is 0 Å². The van der Waals surface area contributed by atoms with Gasteiger partial charge in [-0.15, -0.1) is 0 Å². The van der Waals surface area contributed by atoms with E-state index in [2.05, 4.69) is 10.6 Å². The first-order valence-electron chi connectivity index (χ1n) is 6.26. The standard InChI is InChI=1S/C13H15F3N2O3S/c14-13(15,16)8-22-6-5-17-12(21)18-7-9-1-3-10(4-2-9)11(19)20/h1-4H,5-8H2,(H,19,20)(H2,17,18,21). The maximum absolute atomic E-state index is 11.9. The van der Waals surface area contributed by atoms with Crippen molar-refractivity contribution in [2.24, 2.45) is 0 Å². The van der Waals surface area contributed by atoms with Gasteiger partial charge in [0.05, 0.1) is 11.3 Å². The number of aromatic carboxylic acids is 1. The summed E-state index contributed by atoms with van der Waals surface area (Å²) in [5, 5.41) is 13.7. The van der Waals surface area contributed by atoms with Gasteiger partial charge >= 0.3 is 18.2 Å². The number of carbonyl (C=O) groups excluding carboxylic acids is 1. The van der Waals surface area contributed by atoms with Crippen molar-refractivity contribution in [3.05, 3.63) is 35.4 Å². The molecule has 1 aromatic carbocycles. The third-order valence-corrected chi connectivity index (χ3v) is 3.48. The molecule has 0 unspecified atom stereocenters. The van der Waals surface area contributed by atoms with Crippen molar-refractivity contribution >= 4 is 23.8 Å². The topological polar surface area (TPSA) is 78.4 Å². The zero-order chi connectivity index (χ0) is 16.6. The molecule has 22 heavy (non-hydrogen) atoms. The van der Waals surface area contributed by atoms with Crippen molar-refractivity contribution in [1.82, 2.24) is 10.6 Å². The summed E-state index contributed by atoms with van der Waals surface area (Å²) in [4.78, 5) is 22.1. The number of halogens is 3. The van der Waals surface area contributed by atoms with E-state index in [9.17, 15) is 22.8 Å². The van der Waals surface area contributed by atoms with Crippen LogP contribution in [-0.2, 0) is 6.54 Å². The molecule has 1 rings (SSSR count). The van der Waals surface area contributed by atoms with Crippen LogP contribution < -0.4 is 10.6 Å². The third kappa shape index (κ3) is 7.77. The number of alkyl halides is 3. The van der Waals surface area contributed by atoms with Crippen molar-refractivity contribution < 1.29 is 27.9 Å². The number of hydrogen-bond acceptors (Lipinski definition) is 3. The smallest absolute Gasteiger partial charge is 0.397 e. The number of benzene rings is 1. The van der Waals surface area contributed by atoms with Crippen molar-refractivity contribution in [3.63, 3.8) is 0 Å². The molecular formula is C13H15F3N2O3S. The second-order valence-corrected chi connectivity index (χ2v) is 5.38. The van der Waals surface area contributed by atoms with Crippen LogP contribution in [0.1, 0.15) is 15.9 Å². The highest BCUT2D eigenvalue weighted by molar-refractivity contribution is 7.99. The largest absolute Gasteiger partial charge is 0.478 e. The van der Waals surface area contributed by atoms with Gasteiger partial charge in [-0.1, -0.05) is 12.1 Å². The van der Waals surface area contributed by atoms with Crippen molar-refractivity contribution in [2.45, 2.75) is 12.7 Å². The molecule has 5 nitrogen and oxygen atoms in total. The lowest BCUT2D eigenvalue weighted by molar-refractivity contribution is -0.105. The zero-order valence-electron chi connectivity index (χ0n) is 11.4. The van der Waals surface area contributed by atoms with Crippen molar-refractivity contribution in [2.75, 3.05) is 18.1 Å². The van der Waals surface area contributed by atoms with Gasteiger partial charge in [-0.25, -0.2) is 9.59 Å². The Morgan fingerprint density at radius 1 is 1.14 bits per heavy atom. The van der Waals surface area contributed by atoms with Gasteiger partial charge in [0.15, 0.2) is 0 Å². The fourth-order valence-electron chi connectivity index (χ4n) is 1.43. The monoisotopic (exact) mass is 336 g/mol. The van der Waals surface area contributed by atoms with Gasteiger partial charge in [-0.05, 0) is 17.7 Å². The highest BCUT2D eigenvalue weighted by Gasteiger charge is 2.26. The van der Waals surface area contributed by atoms with Crippen LogP contribution in [0.4, 0.5) is 18.0 Å². The third-order valence-electron chi connectivity index (χ3n) is 2.45. The number of urea groups is 1. The lowest BCUT2D eigenvalue weighted by Gasteiger charge is -2.09. The summed E-state index contributed by atoms with van der Waals surface area (Å²) in [6.45, 7) is 0.325. The predicted molar refractivity (Wildman–Crippen MR) is 77.0 cm³/mol. The summed E-state index contributed by atoms with van der Waals surface area (Å²) < 4.78 is 35.6. The SMILES string of the molecule is O=C(NCCSCC(F)(F)F)NCc1ccc(C(=O)O)cc1. The molecule has 0 bridgehead atoms. The molecule has 0 aliphatic carbocycles. The Balaban J connectivity index is 2.19. The lowest BCUT2D eigenvalue weighted by atomic mass is 10.1. The second kappa shape index (κ2) is 8.52. The van der Waals surface area contributed by atoms with Gasteiger partial charge in [0, 0.05) is 18.8 Å². The molecule has 3 N–H and O–H groups in total. The van der Waals surface area contributed by atoms with Gasteiger partial charge < -0.3 is 15.7 Å². The number of carbonyl (C=O) groups is 2. The predicted octanol–water partition coefficient (Wildman–Crippen LogP) is 2.48. The fraction of sp³-hybridized carbons (Fsp3) is 0.385. The normalized spacial score (nSPS) is 11.0. The molecule has 0 aliphatic rings. The first kappa shape index (κ1) is 18.1. The number of thioether (sulfide) groups is 1. The van der Waals surface area contributed by atoms with E-state index in [4.69, 9.17) is 5.11 Å². The van der Waals surface area contributed by atoms with Gasteiger partial charge in [0.1, 0.15) is 0 Å². The Morgan fingerprint density at radius 2 is 1.77 bits per heavy atom. The molecule has 2 amide bonds. The van der Waals surface area contributed by atoms with Crippen LogP contribution in [0.2, 0.25) is 0 Å². The first-order valence-corrected chi connectivity index (χ1v) is 7.42. The summed E-state index contributed by atoms with van der Waals surface area (Å²) >= 11 is 0.698. The Kier molecular flexibility index (Phi) is 7.03. The minimum atomic E-state index is -4.20. The number of nitrogens with one attached hydrogen (secondary N) is 2. The van der Waals surface area contributed by atoms with Crippen molar-refractivity contribution in [1.29, 1.82) is 0 Å². The molecule has 0 atom stereocenters. The van der Waals surface area contributed by atoms with Gasteiger partial charge in [-0.2, -0.15) is 24.9 Å². The van der Waals surface area contributed by atoms with E-state index in [1.54, 1.807) is 12.1 Å². The maximum atomic E-state index is 11.9. The Labute approximate surface area is 129 Å². The Bertz CT molecular complexity index is 506. The number of hydrogen-bond donors (Lipinski definition) is 3.